The summed E-state index contributed by atoms with van der Waals surface area (Å²) in [6.07, 6.45) is 6.75. The Labute approximate surface area is 78.4 Å². The second-order valence-electron chi connectivity index (χ2n) is 3.38. The predicted molar refractivity (Wildman–Crippen MR) is 59.4 cm³/mol. The molecule has 0 aliphatic carbocycles. The Balaban J connectivity index is 0. The van der Waals surface area contributed by atoms with Crippen LogP contribution in [-0.2, 0) is 0 Å². The number of hydrogen-bond donors (Lipinski definition) is 0. The zero-order valence-corrected chi connectivity index (χ0v) is 9.57. The third kappa shape index (κ3) is 22.7. The Kier molecular flexibility index (Phi) is 12.3. The molecule has 0 radical (unpaired) electrons. The first kappa shape index (κ1) is 14.0. The van der Waals surface area contributed by atoms with E-state index in [0.717, 1.165) is 0 Å². The largest absolute Gasteiger partial charge is 0.0862 e. The Morgan fingerprint density at radius 1 is 0.750 bits per heavy atom. The summed E-state index contributed by atoms with van der Waals surface area (Å²) in [5.74, 6) is 0. The zero-order chi connectivity index (χ0) is 9.98. The van der Waals surface area contributed by atoms with Crippen LogP contribution in [0, 0.1) is 0 Å². The van der Waals surface area contributed by atoms with E-state index in [0.29, 0.717) is 0 Å². The van der Waals surface area contributed by atoms with E-state index < -0.39 is 0 Å². The number of allylic oxidation sites excluding steroid dienone is 4. The summed E-state index contributed by atoms with van der Waals surface area (Å²) in [6.45, 7) is 12.8. The molecular weight excluding hydrogens is 144 g/mol. The van der Waals surface area contributed by atoms with Crippen LogP contribution in [0.15, 0.2) is 23.3 Å². The molecule has 0 fully saturated rings. The smallest absolute Gasteiger partial charge is 0.0377 e. The van der Waals surface area contributed by atoms with E-state index in [1.165, 1.54) is 24.0 Å². The van der Waals surface area contributed by atoms with Crippen LogP contribution in [0.5, 0.6) is 0 Å². The molecule has 72 valence electrons. The fourth-order valence-corrected chi connectivity index (χ4v) is 0.816. The minimum atomic E-state index is 1.17. The summed E-state index contributed by atoms with van der Waals surface area (Å²) in [4.78, 5) is 0. The van der Waals surface area contributed by atoms with Gasteiger partial charge in [0.05, 0.1) is 0 Å². The molecule has 0 aromatic carbocycles. The van der Waals surface area contributed by atoms with E-state index in [1.54, 1.807) is 0 Å². The molecule has 0 heteroatoms. The van der Waals surface area contributed by atoms with E-state index in [4.69, 9.17) is 0 Å². The van der Waals surface area contributed by atoms with Crippen LogP contribution >= 0.6 is 0 Å². The Morgan fingerprint density at radius 2 is 1.00 bits per heavy atom. The van der Waals surface area contributed by atoms with Crippen molar-refractivity contribution in [2.45, 2.75) is 54.4 Å². The highest BCUT2D eigenvalue weighted by atomic mass is 13.8. The molecule has 0 nitrogen and oxygen atoms in total. The molecule has 0 saturated carbocycles. The van der Waals surface area contributed by atoms with Crippen molar-refractivity contribution >= 4 is 0 Å². The van der Waals surface area contributed by atoms with E-state index >= 15 is 0 Å². The molecule has 0 N–H and O–H groups in total. The van der Waals surface area contributed by atoms with Crippen LogP contribution in [0.3, 0.4) is 0 Å². The van der Waals surface area contributed by atoms with Crippen LogP contribution in [0.25, 0.3) is 0 Å². The van der Waals surface area contributed by atoms with Crippen LogP contribution in [0.2, 0.25) is 0 Å². The van der Waals surface area contributed by atoms with E-state index in [-0.39, 0.29) is 0 Å². The second kappa shape index (κ2) is 10.5. The van der Waals surface area contributed by atoms with Gasteiger partial charge in [0.2, 0.25) is 0 Å². The average molecular weight is 168 g/mol. The van der Waals surface area contributed by atoms with Crippen LogP contribution < -0.4 is 0 Å². The molecule has 0 bridgehead atoms. The van der Waals surface area contributed by atoms with E-state index in [2.05, 4.69) is 53.7 Å². The van der Waals surface area contributed by atoms with Crippen molar-refractivity contribution in [3.8, 4) is 0 Å². The van der Waals surface area contributed by atoms with Gasteiger partial charge in [0.25, 0.3) is 0 Å². The molecular formula is C12H24. The van der Waals surface area contributed by atoms with Gasteiger partial charge in [0.15, 0.2) is 0 Å². The highest BCUT2D eigenvalue weighted by molar-refractivity contribution is 4.91. The lowest BCUT2D eigenvalue weighted by atomic mass is 10.3. The van der Waals surface area contributed by atoms with Gasteiger partial charge in [-0.2, -0.15) is 0 Å². The maximum Gasteiger partial charge on any atom is -0.0377 e. The van der Waals surface area contributed by atoms with Gasteiger partial charge in [-0.3, -0.25) is 0 Å². The van der Waals surface area contributed by atoms with Crippen LogP contribution in [0.4, 0.5) is 0 Å². The van der Waals surface area contributed by atoms with Crippen molar-refractivity contribution < 1.29 is 0 Å². The molecule has 0 saturated heterocycles. The minimum absolute atomic E-state index is 1.17. The van der Waals surface area contributed by atoms with E-state index in [9.17, 15) is 0 Å². The van der Waals surface area contributed by atoms with Crippen LogP contribution in [0.1, 0.15) is 54.4 Å². The molecule has 12 heavy (non-hydrogen) atoms. The van der Waals surface area contributed by atoms with Gasteiger partial charge >= 0.3 is 0 Å². The Morgan fingerprint density at radius 3 is 1.00 bits per heavy atom. The van der Waals surface area contributed by atoms with E-state index in [1.807, 2.05) is 0 Å². The summed E-state index contributed by atoms with van der Waals surface area (Å²) < 4.78 is 0. The second-order valence-corrected chi connectivity index (χ2v) is 3.38. The fourth-order valence-electron chi connectivity index (χ4n) is 0.816. The van der Waals surface area contributed by atoms with Gasteiger partial charge < -0.3 is 0 Å². The Bertz CT molecular complexity index is 112. The van der Waals surface area contributed by atoms with Gasteiger partial charge in [-0.1, -0.05) is 37.1 Å². The van der Waals surface area contributed by atoms with Crippen molar-refractivity contribution in [2.75, 3.05) is 0 Å². The number of hydrogen-bond acceptors (Lipinski definition) is 0. The standard InChI is InChI=1S/2C6H12/c2*1-4-5-6(2)3/h2*5H,4H2,1-3H3. The molecule has 0 unspecified atom stereocenters. The topological polar surface area (TPSA) is 0 Å². The lowest BCUT2D eigenvalue weighted by molar-refractivity contribution is 1.18. The fraction of sp³-hybridized carbons (Fsp3) is 0.667. The predicted octanol–water partition coefficient (Wildman–Crippen LogP) is 4.73. The molecule has 0 aromatic heterocycles. The molecule has 0 aromatic rings. The van der Waals surface area contributed by atoms with Crippen molar-refractivity contribution in [2.24, 2.45) is 0 Å². The molecule has 0 rings (SSSR count). The van der Waals surface area contributed by atoms with Gasteiger partial charge in [-0.25, -0.2) is 0 Å². The van der Waals surface area contributed by atoms with Gasteiger partial charge in [0, 0.05) is 0 Å². The van der Waals surface area contributed by atoms with Crippen LogP contribution in [-0.4, -0.2) is 0 Å². The number of rotatable bonds is 2. The van der Waals surface area contributed by atoms with Crippen molar-refractivity contribution in [3.05, 3.63) is 23.3 Å². The lowest BCUT2D eigenvalue weighted by Crippen LogP contribution is -1.58. The van der Waals surface area contributed by atoms with Crippen molar-refractivity contribution in [1.29, 1.82) is 0 Å². The quantitative estimate of drug-likeness (QED) is 0.523. The minimum Gasteiger partial charge on any atom is -0.0862 e. The first-order valence-corrected chi connectivity index (χ1v) is 4.81. The molecule has 0 amide bonds. The summed E-state index contributed by atoms with van der Waals surface area (Å²) in [5.41, 5.74) is 2.83. The first-order chi connectivity index (χ1) is 5.54. The van der Waals surface area contributed by atoms with Crippen molar-refractivity contribution in [1.82, 2.24) is 0 Å². The van der Waals surface area contributed by atoms with Crippen molar-refractivity contribution in [3.63, 3.8) is 0 Å². The highest BCUT2D eigenvalue weighted by Gasteiger charge is 1.68. The SMILES string of the molecule is CCC=C(C)C.CCC=C(C)C. The molecule has 0 spiro atoms. The van der Waals surface area contributed by atoms with Gasteiger partial charge in [-0.15, -0.1) is 0 Å². The first-order valence-electron chi connectivity index (χ1n) is 4.81. The summed E-state index contributed by atoms with van der Waals surface area (Å²) in [5, 5.41) is 0. The molecule has 0 atom stereocenters. The third-order valence-corrected chi connectivity index (χ3v) is 1.22. The zero-order valence-electron chi connectivity index (χ0n) is 9.57. The highest BCUT2D eigenvalue weighted by Crippen LogP contribution is 1.89. The summed E-state index contributed by atoms with van der Waals surface area (Å²) >= 11 is 0. The van der Waals surface area contributed by atoms with Gasteiger partial charge in [0.1, 0.15) is 0 Å². The molecule has 0 heterocycles. The monoisotopic (exact) mass is 168 g/mol. The molecule has 0 aliphatic heterocycles. The Hall–Kier alpha value is -0.520. The summed E-state index contributed by atoms with van der Waals surface area (Å²) in [7, 11) is 0. The average Bonchev–Trinajstić information content (AvgIpc) is 1.87. The van der Waals surface area contributed by atoms with Gasteiger partial charge in [-0.05, 0) is 40.5 Å². The maximum atomic E-state index is 2.21. The summed E-state index contributed by atoms with van der Waals surface area (Å²) in [6, 6.07) is 0. The lowest BCUT2D eigenvalue weighted by Gasteiger charge is -1.80. The maximum absolute atomic E-state index is 2.21. The molecule has 0 aliphatic rings. The normalized spacial score (nSPS) is 7.83. The third-order valence-electron chi connectivity index (χ3n) is 1.22.